The van der Waals surface area contributed by atoms with Crippen LogP contribution in [0.2, 0.25) is 0 Å². The molecule has 1 atom stereocenters. The fourth-order valence-corrected chi connectivity index (χ4v) is 4.69. The van der Waals surface area contributed by atoms with Crippen LogP contribution in [0.4, 0.5) is 16.8 Å². The first-order valence-electron chi connectivity index (χ1n) is 9.83. The Hall–Kier alpha value is -3.72. The number of carbonyl (C=O) groups excluding carboxylic acids is 1. The Balaban J connectivity index is 1.61. The summed E-state index contributed by atoms with van der Waals surface area (Å²) in [5.74, 6) is 0.795. The van der Waals surface area contributed by atoms with Gasteiger partial charge in [0.25, 0.3) is 0 Å². The molecule has 31 heavy (non-hydrogen) atoms. The van der Waals surface area contributed by atoms with E-state index in [0.29, 0.717) is 16.8 Å². The number of guanidine groups is 1. The SMILES string of the molecule is CC(=O)N(c1nc([C@@H]2N=C(N)Nc3nc4ccccc4n32)cs1)c1cccc(C)c1C. The van der Waals surface area contributed by atoms with Crippen molar-refractivity contribution < 1.29 is 4.79 Å². The number of hydrogen-bond donors (Lipinski definition) is 2. The molecule has 0 unspecified atom stereocenters. The number of aliphatic imine (C=N–C) groups is 1. The van der Waals surface area contributed by atoms with Crippen molar-refractivity contribution in [1.82, 2.24) is 14.5 Å². The van der Waals surface area contributed by atoms with Crippen LogP contribution in [0.1, 0.15) is 29.9 Å². The summed E-state index contributed by atoms with van der Waals surface area (Å²) < 4.78 is 1.97. The fourth-order valence-electron chi connectivity index (χ4n) is 3.80. The van der Waals surface area contributed by atoms with Crippen LogP contribution in [0.3, 0.4) is 0 Å². The normalized spacial score (nSPS) is 15.3. The molecular weight excluding hydrogens is 410 g/mol. The van der Waals surface area contributed by atoms with E-state index in [9.17, 15) is 4.79 Å². The molecular formula is C22H21N7OS. The number of imidazole rings is 1. The zero-order chi connectivity index (χ0) is 21.7. The largest absolute Gasteiger partial charge is 0.370 e. The van der Waals surface area contributed by atoms with E-state index in [1.54, 1.807) is 11.8 Å². The van der Waals surface area contributed by atoms with Crippen molar-refractivity contribution in [2.24, 2.45) is 10.7 Å². The highest BCUT2D eigenvalue weighted by Crippen LogP contribution is 2.37. The number of nitrogens with zero attached hydrogens (tertiary/aromatic N) is 5. The summed E-state index contributed by atoms with van der Waals surface area (Å²) in [6.45, 7) is 5.59. The molecule has 9 heteroatoms. The standard InChI is InChI=1S/C22H21N7OS/c1-12-7-6-10-17(13(12)2)28(14(3)30)22-25-16(11-31-22)19-26-20(23)27-21-24-15-8-4-5-9-18(15)29(19)21/h4-11,19H,1-3H3,(H3,23,24,26,27)/t19-/m1/s1. The number of aromatic nitrogens is 3. The van der Waals surface area contributed by atoms with Crippen LogP contribution in [0.25, 0.3) is 11.0 Å². The quantitative estimate of drug-likeness (QED) is 0.509. The molecule has 1 aliphatic rings. The van der Waals surface area contributed by atoms with Crippen molar-refractivity contribution in [3.05, 3.63) is 64.7 Å². The lowest BCUT2D eigenvalue weighted by atomic mass is 10.1. The molecule has 8 nitrogen and oxygen atoms in total. The number of amides is 1. The molecule has 1 amide bonds. The zero-order valence-electron chi connectivity index (χ0n) is 17.3. The summed E-state index contributed by atoms with van der Waals surface area (Å²) in [6.07, 6.45) is -0.471. The minimum Gasteiger partial charge on any atom is -0.370 e. The Morgan fingerprint density at radius 1 is 1.16 bits per heavy atom. The van der Waals surface area contributed by atoms with Gasteiger partial charge in [-0.05, 0) is 43.2 Å². The lowest BCUT2D eigenvalue weighted by Gasteiger charge is -2.23. The Morgan fingerprint density at radius 2 is 1.97 bits per heavy atom. The summed E-state index contributed by atoms with van der Waals surface area (Å²) >= 11 is 1.40. The summed E-state index contributed by atoms with van der Waals surface area (Å²) in [5, 5.41) is 5.54. The second-order valence-corrected chi connectivity index (χ2v) is 8.27. The van der Waals surface area contributed by atoms with Gasteiger partial charge in [-0.1, -0.05) is 24.3 Å². The molecule has 4 aromatic rings. The van der Waals surface area contributed by atoms with Gasteiger partial charge in [0.1, 0.15) is 0 Å². The lowest BCUT2D eigenvalue weighted by Crippen LogP contribution is -2.31. The van der Waals surface area contributed by atoms with Gasteiger partial charge in [-0.2, -0.15) is 0 Å². The molecule has 0 bridgehead atoms. The molecule has 1 aliphatic heterocycles. The Morgan fingerprint density at radius 3 is 2.77 bits per heavy atom. The molecule has 2 aromatic carbocycles. The smallest absolute Gasteiger partial charge is 0.230 e. The first-order chi connectivity index (χ1) is 14.9. The number of aryl methyl sites for hydroxylation is 1. The van der Waals surface area contributed by atoms with E-state index < -0.39 is 6.17 Å². The molecule has 5 rings (SSSR count). The number of rotatable bonds is 3. The van der Waals surface area contributed by atoms with E-state index in [1.807, 2.05) is 66.3 Å². The van der Waals surface area contributed by atoms with Gasteiger partial charge in [0.2, 0.25) is 11.9 Å². The maximum Gasteiger partial charge on any atom is 0.230 e. The van der Waals surface area contributed by atoms with Crippen molar-refractivity contribution in [3.63, 3.8) is 0 Å². The van der Waals surface area contributed by atoms with Crippen molar-refractivity contribution in [3.8, 4) is 0 Å². The Bertz CT molecular complexity index is 1350. The topological polar surface area (TPSA) is 101 Å². The molecule has 0 saturated heterocycles. The number of fused-ring (bicyclic) bond motifs is 3. The van der Waals surface area contributed by atoms with Gasteiger partial charge in [-0.3, -0.25) is 19.6 Å². The first kappa shape index (κ1) is 19.3. The van der Waals surface area contributed by atoms with Crippen LogP contribution in [0.15, 0.2) is 52.8 Å². The second-order valence-electron chi connectivity index (χ2n) is 7.44. The number of thiazole rings is 1. The highest BCUT2D eigenvalue weighted by atomic mass is 32.1. The van der Waals surface area contributed by atoms with Crippen LogP contribution in [0.5, 0.6) is 0 Å². The van der Waals surface area contributed by atoms with Gasteiger partial charge in [0, 0.05) is 12.3 Å². The minimum atomic E-state index is -0.471. The molecule has 3 N–H and O–H groups in total. The fraction of sp³-hybridized carbons (Fsp3) is 0.182. The highest BCUT2D eigenvalue weighted by molar-refractivity contribution is 7.14. The molecule has 0 aliphatic carbocycles. The van der Waals surface area contributed by atoms with Gasteiger partial charge >= 0.3 is 0 Å². The molecule has 0 saturated carbocycles. The van der Waals surface area contributed by atoms with Crippen molar-refractivity contribution in [1.29, 1.82) is 0 Å². The summed E-state index contributed by atoms with van der Waals surface area (Å²) in [6, 6.07) is 13.7. The number of para-hydroxylation sites is 2. The third-order valence-corrected chi connectivity index (χ3v) is 6.28. The van der Waals surface area contributed by atoms with E-state index in [-0.39, 0.29) is 11.9 Å². The number of anilines is 3. The summed E-state index contributed by atoms with van der Waals surface area (Å²) in [7, 11) is 0. The third kappa shape index (κ3) is 3.14. The van der Waals surface area contributed by atoms with Crippen LogP contribution in [0, 0.1) is 13.8 Å². The zero-order valence-corrected chi connectivity index (χ0v) is 18.1. The van der Waals surface area contributed by atoms with Crippen LogP contribution in [-0.4, -0.2) is 26.4 Å². The van der Waals surface area contributed by atoms with E-state index in [2.05, 4.69) is 15.3 Å². The average Bonchev–Trinajstić information content (AvgIpc) is 3.35. The van der Waals surface area contributed by atoms with Gasteiger partial charge in [0.15, 0.2) is 17.3 Å². The Labute approximate surface area is 183 Å². The number of carbonyl (C=O) groups is 1. The number of nitrogens with two attached hydrogens (primary N) is 1. The van der Waals surface area contributed by atoms with Crippen LogP contribution < -0.4 is 16.0 Å². The van der Waals surface area contributed by atoms with Gasteiger partial charge in [0.05, 0.1) is 22.4 Å². The van der Waals surface area contributed by atoms with Crippen LogP contribution in [-0.2, 0) is 4.79 Å². The van der Waals surface area contributed by atoms with E-state index in [0.717, 1.165) is 27.8 Å². The monoisotopic (exact) mass is 431 g/mol. The van der Waals surface area contributed by atoms with E-state index in [1.165, 1.54) is 11.3 Å². The highest BCUT2D eigenvalue weighted by Gasteiger charge is 2.28. The summed E-state index contributed by atoms with van der Waals surface area (Å²) in [5.41, 5.74) is 11.5. The van der Waals surface area contributed by atoms with E-state index >= 15 is 0 Å². The van der Waals surface area contributed by atoms with E-state index in [4.69, 9.17) is 10.7 Å². The third-order valence-electron chi connectivity index (χ3n) is 5.44. The second kappa shape index (κ2) is 7.21. The molecule has 0 spiro atoms. The van der Waals surface area contributed by atoms with Gasteiger partial charge in [-0.15, -0.1) is 11.3 Å². The average molecular weight is 432 g/mol. The van der Waals surface area contributed by atoms with Crippen LogP contribution >= 0.6 is 11.3 Å². The lowest BCUT2D eigenvalue weighted by molar-refractivity contribution is -0.115. The molecule has 3 heterocycles. The number of hydrogen-bond acceptors (Lipinski definition) is 7. The van der Waals surface area contributed by atoms with Gasteiger partial charge < -0.3 is 5.73 Å². The Kier molecular flexibility index (Phi) is 4.48. The van der Waals surface area contributed by atoms with Gasteiger partial charge in [-0.25, -0.2) is 15.0 Å². The summed E-state index contributed by atoms with van der Waals surface area (Å²) in [4.78, 5) is 28.3. The van der Waals surface area contributed by atoms with Crippen molar-refractivity contribution >= 4 is 51.0 Å². The molecule has 0 fully saturated rings. The maximum absolute atomic E-state index is 12.6. The van der Waals surface area contributed by atoms with Crippen molar-refractivity contribution in [2.75, 3.05) is 10.2 Å². The minimum absolute atomic E-state index is 0.100. The molecule has 156 valence electrons. The predicted molar refractivity (Wildman–Crippen MR) is 124 cm³/mol. The number of nitrogens with one attached hydrogen (secondary N) is 1. The van der Waals surface area contributed by atoms with Crippen molar-refractivity contribution in [2.45, 2.75) is 26.9 Å². The molecule has 0 radical (unpaired) electrons. The number of benzene rings is 2. The first-order valence-corrected chi connectivity index (χ1v) is 10.7. The predicted octanol–water partition coefficient (Wildman–Crippen LogP) is 4.08. The molecule has 2 aromatic heterocycles. The maximum atomic E-state index is 12.6.